The third-order valence-electron chi connectivity index (χ3n) is 1.19. The lowest BCUT2D eigenvalue weighted by molar-refractivity contribution is -0.156. The van der Waals surface area contributed by atoms with E-state index in [0.29, 0.717) is 6.42 Å². The Morgan fingerprint density at radius 3 is 2.75 bits per heavy atom. The molecule has 1 amide bonds. The number of hydrogen-bond donors (Lipinski definition) is 1. The highest BCUT2D eigenvalue weighted by atomic mass is 16.7. The van der Waals surface area contributed by atoms with E-state index in [1.165, 1.54) is 0 Å². The van der Waals surface area contributed by atoms with Crippen LogP contribution in [-0.4, -0.2) is 11.9 Å². The Morgan fingerprint density at radius 1 is 1.58 bits per heavy atom. The van der Waals surface area contributed by atoms with Crippen LogP contribution in [0.4, 0.5) is 0 Å². The topological polar surface area (TPSA) is 55.4 Å². The predicted molar refractivity (Wildman–Crippen MR) is 44.0 cm³/mol. The van der Waals surface area contributed by atoms with Gasteiger partial charge in [0.2, 0.25) is 0 Å². The first-order valence-corrected chi connectivity index (χ1v) is 3.82. The van der Waals surface area contributed by atoms with Gasteiger partial charge in [0.1, 0.15) is 0 Å². The van der Waals surface area contributed by atoms with Gasteiger partial charge in [0.25, 0.3) is 5.91 Å². The quantitative estimate of drug-likeness (QED) is 0.506. The molecule has 0 aliphatic heterocycles. The third-order valence-corrected chi connectivity index (χ3v) is 1.19. The molecular formula is C8H13NO3. The summed E-state index contributed by atoms with van der Waals surface area (Å²) in [5.41, 5.74) is 1.93. The lowest BCUT2D eigenvalue weighted by Gasteiger charge is -2.01. The van der Waals surface area contributed by atoms with Crippen LogP contribution in [0.25, 0.3) is 0 Å². The van der Waals surface area contributed by atoms with E-state index < -0.39 is 11.9 Å². The smallest absolute Gasteiger partial charge is 0.332 e. The van der Waals surface area contributed by atoms with Gasteiger partial charge in [-0.2, -0.15) is 5.48 Å². The Balaban J connectivity index is 3.43. The average molecular weight is 171 g/mol. The molecule has 0 aromatic heterocycles. The normalized spacial score (nSPS) is 8.75. The number of amides is 1. The van der Waals surface area contributed by atoms with E-state index >= 15 is 0 Å². The van der Waals surface area contributed by atoms with Crippen LogP contribution in [0.15, 0.2) is 12.7 Å². The second-order valence-electron chi connectivity index (χ2n) is 2.25. The van der Waals surface area contributed by atoms with E-state index in [-0.39, 0.29) is 0 Å². The van der Waals surface area contributed by atoms with Gasteiger partial charge in [-0.1, -0.05) is 19.9 Å². The van der Waals surface area contributed by atoms with Crippen LogP contribution in [0.3, 0.4) is 0 Å². The summed E-state index contributed by atoms with van der Waals surface area (Å²) in [6, 6.07) is 0. The van der Waals surface area contributed by atoms with Crippen LogP contribution in [0.1, 0.15) is 26.2 Å². The molecule has 12 heavy (non-hydrogen) atoms. The molecule has 0 aromatic carbocycles. The fraction of sp³-hybridized carbons (Fsp3) is 0.500. The lowest BCUT2D eigenvalue weighted by Crippen LogP contribution is -2.24. The van der Waals surface area contributed by atoms with Gasteiger partial charge in [0, 0.05) is 6.42 Å². The predicted octanol–water partition coefficient (Wildman–Crippen LogP) is 0.937. The molecule has 1 N–H and O–H groups in total. The molecule has 0 radical (unpaired) electrons. The summed E-state index contributed by atoms with van der Waals surface area (Å²) in [7, 11) is 0. The molecular weight excluding hydrogens is 158 g/mol. The van der Waals surface area contributed by atoms with Crippen LogP contribution in [0, 0.1) is 0 Å². The summed E-state index contributed by atoms with van der Waals surface area (Å²) in [6.45, 7) is 5.17. The number of rotatable bonds is 4. The van der Waals surface area contributed by atoms with Gasteiger partial charge in [0.05, 0.1) is 0 Å². The Kier molecular flexibility index (Phi) is 5.69. The van der Waals surface area contributed by atoms with E-state index in [1.807, 2.05) is 12.4 Å². The van der Waals surface area contributed by atoms with Crippen molar-refractivity contribution in [3.63, 3.8) is 0 Å². The van der Waals surface area contributed by atoms with Gasteiger partial charge >= 0.3 is 5.97 Å². The van der Waals surface area contributed by atoms with Crippen molar-refractivity contribution in [3.05, 3.63) is 12.7 Å². The number of hydroxylamine groups is 1. The lowest BCUT2D eigenvalue weighted by atomic mass is 10.3. The van der Waals surface area contributed by atoms with Crippen LogP contribution < -0.4 is 5.48 Å². The number of carbonyl (C=O) groups excluding carboxylic acids is 2. The fourth-order valence-corrected chi connectivity index (χ4v) is 0.521. The molecule has 0 atom stereocenters. The Labute approximate surface area is 71.5 Å². The highest BCUT2D eigenvalue weighted by Gasteiger charge is 2.02. The molecule has 0 unspecified atom stereocenters. The molecule has 0 saturated carbocycles. The van der Waals surface area contributed by atoms with E-state index in [4.69, 9.17) is 0 Å². The molecule has 0 rings (SSSR count). The zero-order valence-electron chi connectivity index (χ0n) is 7.13. The van der Waals surface area contributed by atoms with Crippen LogP contribution >= 0.6 is 0 Å². The van der Waals surface area contributed by atoms with Crippen molar-refractivity contribution in [2.75, 3.05) is 0 Å². The maximum Gasteiger partial charge on any atom is 0.332 e. The molecule has 0 aromatic rings. The monoisotopic (exact) mass is 171 g/mol. The minimum atomic E-state index is -0.514. The summed E-state index contributed by atoms with van der Waals surface area (Å²) in [5, 5.41) is 0. The molecule has 0 bridgehead atoms. The molecule has 0 fully saturated rings. The minimum Gasteiger partial charge on any atom is -0.341 e. The number of nitrogens with one attached hydrogen (secondary N) is 1. The first-order chi connectivity index (χ1) is 5.70. The van der Waals surface area contributed by atoms with Gasteiger partial charge < -0.3 is 4.84 Å². The third kappa shape index (κ3) is 5.46. The summed E-state index contributed by atoms with van der Waals surface area (Å²) in [5.74, 6) is -0.938. The van der Waals surface area contributed by atoms with Gasteiger partial charge in [-0.3, -0.25) is 4.79 Å². The molecule has 4 heteroatoms. The highest BCUT2D eigenvalue weighted by Crippen LogP contribution is 1.94. The molecule has 0 aliphatic rings. The van der Waals surface area contributed by atoms with Crippen molar-refractivity contribution < 1.29 is 14.4 Å². The zero-order chi connectivity index (χ0) is 9.40. The van der Waals surface area contributed by atoms with Gasteiger partial charge in [0.15, 0.2) is 0 Å². The van der Waals surface area contributed by atoms with Crippen molar-refractivity contribution in [2.45, 2.75) is 26.2 Å². The highest BCUT2D eigenvalue weighted by molar-refractivity contribution is 5.87. The van der Waals surface area contributed by atoms with Crippen LogP contribution in [0.5, 0.6) is 0 Å². The van der Waals surface area contributed by atoms with Gasteiger partial charge in [-0.25, -0.2) is 4.79 Å². The summed E-state index contributed by atoms with van der Waals surface area (Å²) in [4.78, 5) is 25.6. The Bertz CT molecular complexity index is 177. The van der Waals surface area contributed by atoms with E-state index in [0.717, 1.165) is 18.9 Å². The number of hydrogen-bond acceptors (Lipinski definition) is 3. The molecule has 4 nitrogen and oxygen atoms in total. The first kappa shape index (κ1) is 10.7. The molecule has 0 spiro atoms. The van der Waals surface area contributed by atoms with Crippen molar-refractivity contribution in [1.29, 1.82) is 0 Å². The SMILES string of the molecule is C=CC(=O)NOC(=O)CCCC. The van der Waals surface area contributed by atoms with E-state index in [2.05, 4.69) is 11.4 Å². The van der Waals surface area contributed by atoms with Crippen LogP contribution in [0.2, 0.25) is 0 Å². The number of unbranched alkanes of at least 4 members (excludes halogenated alkanes) is 1. The van der Waals surface area contributed by atoms with E-state index in [9.17, 15) is 9.59 Å². The minimum absolute atomic E-state index is 0.327. The van der Waals surface area contributed by atoms with Crippen LogP contribution in [-0.2, 0) is 14.4 Å². The Hall–Kier alpha value is -1.32. The van der Waals surface area contributed by atoms with Crippen molar-refractivity contribution in [3.8, 4) is 0 Å². The maximum absolute atomic E-state index is 10.8. The molecule has 68 valence electrons. The Morgan fingerprint density at radius 2 is 2.25 bits per heavy atom. The number of carbonyl (C=O) groups is 2. The van der Waals surface area contributed by atoms with Crippen molar-refractivity contribution in [2.24, 2.45) is 0 Å². The second-order valence-corrected chi connectivity index (χ2v) is 2.25. The summed E-state index contributed by atoms with van der Waals surface area (Å²) >= 11 is 0. The van der Waals surface area contributed by atoms with Crippen molar-refractivity contribution >= 4 is 11.9 Å². The standard InChI is InChI=1S/C8H13NO3/c1-3-5-6-8(11)12-9-7(10)4-2/h4H,2-3,5-6H2,1H3,(H,9,10). The van der Waals surface area contributed by atoms with Crippen molar-refractivity contribution in [1.82, 2.24) is 5.48 Å². The molecule has 0 aliphatic carbocycles. The first-order valence-electron chi connectivity index (χ1n) is 3.82. The summed E-state index contributed by atoms with van der Waals surface area (Å²) < 4.78 is 0. The van der Waals surface area contributed by atoms with Gasteiger partial charge in [-0.05, 0) is 12.5 Å². The fourth-order valence-electron chi connectivity index (χ4n) is 0.521. The summed E-state index contributed by atoms with van der Waals surface area (Å²) in [6.07, 6.45) is 3.05. The average Bonchev–Trinajstić information content (AvgIpc) is 2.10. The molecule has 0 saturated heterocycles. The second kappa shape index (κ2) is 6.39. The largest absolute Gasteiger partial charge is 0.341 e. The zero-order valence-corrected chi connectivity index (χ0v) is 7.13. The molecule has 0 heterocycles. The maximum atomic E-state index is 10.8. The van der Waals surface area contributed by atoms with E-state index in [1.54, 1.807) is 0 Å². The van der Waals surface area contributed by atoms with Gasteiger partial charge in [-0.15, -0.1) is 0 Å².